The Morgan fingerprint density at radius 3 is 2.42 bits per heavy atom. The maximum Gasteiger partial charge on any atom is 0.270 e. The summed E-state index contributed by atoms with van der Waals surface area (Å²) in [7, 11) is 0. The van der Waals surface area contributed by atoms with E-state index >= 15 is 0 Å². The fourth-order valence-electron chi connectivity index (χ4n) is 2.02. The number of hydrogen-bond donors (Lipinski definition) is 1. The maximum absolute atomic E-state index is 12.4. The highest BCUT2D eigenvalue weighted by atomic mass is 35.5. The third-order valence-corrected chi connectivity index (χ3v) is 4.22. The Bertz CT molecular complexity index is 416. The summed E-state index contributed by atoms with van der Waals surface area (Å²) in [5.74, 6) is 0.338. The Hall–Kier alpha value is -1.03. The molecule has 0 saturated heterocycles. The van der Waals surface area contributed by atoms with Crippen molar-refractivity contribution in [1.82, 2.24) is 15.1 Å². The first-order valence-corrected chi connectivity index (χ1v) is 7.54. The van der Waals surface area contributed by atoms with Gasteiger partial charge in [-0.25, -0.2) is 0 Å². The van der Waals surface area contributed by atoms with Gasteiger partial charge in [0.2, 0.25) is 0 Å². The second-order valence-corrected chi connectivity index (χ2v) is 5.03. The Morgan fingerprint density at radius 2 is 2.00 bits per heavy atom. The highest BCUT2D eigenvalue weighted by Gasteiger charge is 2.28. The molecule has 1 rings (SSSR count). The summed E-state index contributed by atoms with van der Waals surface area (Å²) >= 11 is 6.03. The van der Waals surface area contributed by atoms with Gasteiger partial charge in [-0.05, 0) is 32.3 Å². The minimum Gasteiger partial charge on any atom is -0.344 e. The van der Waals surface area contributed by atoms with Crippen molar-refractivity contribution in [3.05, 3.63) is 17.5 Å². The molecule has 0 atom stereocenters. The van der Waals surface area contributed by atoms with Crippen LogP contribution in [-0.4, -0.2) is 27.1 Å². The lowest BCUT2D eigenvalue weighted by atomic mass is 9.95. The SMILES string of the molecule is CCc1cc(C(=O)NC(CC)(CC)CCl)n(CC)n1. The van der Waals surface area contributed by atoms with E-state index < -0.39 is 0 Å². The number of carbonyl (C=O) groups excluding carboxylic acids is 1. The summed E-state index contributed by atoms with van der Waals surface area (Å²) in [6.07, 6.45) is 2.47. The highest BCUT2D eigenvalue weighted by Crippen LogP contribution is 2.18. The molecule has 0 aliphatic heterocycles. The van der Waals surface area contributed by atoms with Crippen molar-refractivity contribution in [2.45, 2.75) is 59.0 Å². The molecule has 19 heavy (non-hydrogen) atoms. The van der Waals surface area contributed by atoms with Gasteiger partial charge < -0.3 is 5.32 Å². The fourth-order valence-corrected chi connectivity index (χ4v) is 2.47. The molecule has 0 aliphatic rings. The Balaban J connectivity index is 2.97. The van der Waals surface area contributed by atoms with E-state index in [0.717, 1.165) is 25.0 Å². The van der Waals surface area contributed by atoms with Crippen molar-refractivity contribution in [3.8, 4) is 0 Å². The van der Waals surface area contributed by atoms with E-state index in [-0.39, 0.29) is 11.4 Å². The van der Waals surface area contributed by atoms with E-state index in [1.54, 1.807) is 4.68 Å². The molecular weight excluding hydrogens is 262 g/mol. The zero-order valence-corrected chi connectivity index (χ0v) is 13.0. The minimum absolute atomic E-state index is 0.0848. The number of hydrogen-bond acceptors (Lipinski definition) is 2. The zero-order valence-electron chi connectivity index (χ0n) is 12.3. The smallest absolute Gasteiger partial charge is 0.270 e. The normalized spacial score (nSPS) is 11.6. The third kappa shape index (κ3) is 3.50. The van der Waals surface area contributed by atoms with Gasteiger partial charge in [0, 0.05) is 12.4 Å². The highest BCUT2D eigenvalue weighted by molar-refractivity contribution is 6.18. The molecular formula is C14H24ClN3O. The Kier molecular flexibility index (Phi) is 5.85. The van der Waals surface area contributed by atoms with Crippen LogP contribution >= 0.6 is 11.6 Å². The summed E-state index contributed by atoms with van der Waals surface area (Å²) in [5, 5.41) is 7.47. The van der Waals surface area contributed by atoms with E-state index in [2.05, 4.69) is 10.4 Å². The molecule has 4 nitrogen and oxygen atoms in total. The van der Waals surface area contributed by atoms with Gasteiger partial charge in [0.15, 0.2) is 0 Å². The van der Waals surface area contributed by atoms with E-state index in [4.69, 9.17) is 11.6 Å². The van der Waals surface area contributed by atoms with Crippen molar-refractivity contribution in [3.63, 3.8) is 0 Å². The number of nitrogens with one attached hydrogen (secondary N) is 1. The quantitative estimate of drug-likeness (QED) is 0.783. The van der Waals surface area contributed by atoms with Crippen LogP contribution in [0, 0.1) is 0 Å². The summed E-state index contributed by atoms with van der Waals surface area (Å²) < 4.78 is 1.75. The number of rotatable bonds is 7. The van der Waals surface area contributed by atoms with Gasteiger partial charge in [0.25, 0.3) is 5.91 Å². The summed E-state index contributed by atoms with van der Waals surface area (Å²) in [4.78, 5) is 12.4. The van der Waals surface area contributed by atoms with Crippen LogP contribution < -0.4 is 5.32 Å². The molecule has 0 radical (unpaired) electrons. The average molecular weight is 286 g/mol. The molecule has 0 aromatic carbocycles. The zero-order chi connectivity index (χ0) is 14.5. The van der Waals surface area contributed by atoms with Crippen molar-refractivity contribution >= 4 is 17.5 Å². The molecule has 1 amide bonds. The summed E-state index contributed by atoms with van der Waals surface area (Å²) in [6, 6.07) is 1.86. The molecule has 5 heteroatoms. The molecule has 1 N–H and O–H groups in total. The molecule has 0 saturated carbocycles. The van der Waals surface area contributed by atoms with Gasteiger partial charge in [-0.15, -0.1) is 11.6 Å². The molecule has 0 spiro atoms. The molecule has 0 bridgehead atoms. The van der Waals surface area contributed by atoms with Crippen LogP contribution in [0.2, 0.25) is 0 Å². The topological polar surface area (TPSA) is 46.9 Å². The van der Waals surface area contributed by atoms with Gasteiger partial charge in [0.1, 0.15) is 5.69 Å². The fraction of sp³-hybridized carbons (Fsp3) is 0.714. The van der Waals surface area contributed by atoms with Gasteiger partial charge in [-0.2, -0.15) is 5.10 Å². The number of nitrogens with zero attached hydrogens (tertiary/aromatic N) is 2. The van der Waals surface area contributed by atoms with Crippen molar-refractivity contribution in [1.29, 1.82) is 0 Å². The van der Waals surface area contributed by atoms with E-state index in [9.17, 15) is 4.79 Å². The van der Waals surface area contributed by atoms with E-state index in [1.165, 1.54) is 0 Å². The van der Waals surface area contributed by atoms with E-state index in [0.29, 0.717) is 18.1 Å². The van der Waals surface area contributed by atoms with Crippen molar-refractivity contribution in [2.24, 2.45) is 0 Å². The number of halogens is 1. The molecule has 108 valence electrons. The van der Waals surface area contributed by atoms with Crippen molar-refractivity contribution in [2.75, 3.05) is 5.88 Å². The first-order valence-electron chi connectivity index (χ1n) is 7.00. The lowest BCUT2D eigenvalue weighted by molar-refractivity contribution is 0.0891. The lowest BCUT2D eigenvalue weighted by Gasteiger charge is -2.30. The first-order chi connectivity index (χ1) is 9.05. The van der Waals surface area contributed by atoms with Crippen LogP contribution in [0.4, 0.5) is 0 Å². The standard InChI is InChI=1S/C14H24ClN3O/c1-5-11-9-12(18(8-4)17-11)13(19)16-14(6-2,7-3)10-15/h9H,5-8,10H2,1-4H3,(H,16,19). The van der Waals surface area contributed by atoms with Crippen LogP contribution in [-0.2, 0) is 13.0 Å². The van der Waals surface area contributed by atoms with Crippen LogP contribution in [0.3, 0.4) is 0 Å². The van der Waals surface area contributed by atoms with Crippen LogP contribution in [0.1, 0.15) is 56.7 Å². The van der Waals surface area contributed by atoms with Gasteiger partial charge >= 0.3 is 0 Å². The summed E-state index contributed by atoms with van der Waals surface area (Å²) in [6.45, 7) is 8.79. The largest absolute Gasteiger partial charge is 0.344 e. The van der Waals surface area contributed by atoms with Crippen molar-refractivity contribution < 1.29 is 4.79 Å². The Morgan fingerprint density at radius 1 is 1.37 bits per heavy atom. The predicted molar refractivity (Wildman–Crippen MR) is 78.8 cm³/mol. The molecule has 0 aliphatic carbocycles. The molecule has 1 heterocycles. The Labute approximate surface area is 120 Å². The molecule has 1 aromatic heterocycles. The third-order valence-electron chi connectivity index (χ3n) is 3.71. The monoisotopic (exact) mass is 285 g/mol. The minimum atomic E-state index is -0.326. The average Bonchev–Trinajstić information content (AvgIpc) is 2.88. The molecule has 0 fully saturated rings. The van der Waals surface area contributed by atoms with Gasteiger partial charge in [-0.1, -0.05) is 20.8 Å². The summed E-state index contributed by atoms with van der Waals surface area (Å²) in [5.41, 5.74) is 1.24. The first kappa shape index (κ1) is 16.0. The number of alkyl halides is 1. The number of carbonyl (C=O) groups is 1. The van der Waals surface area contributed by atoms with E-state index in [1.807, 2.05) is 33.8 Å². The second-order valence-electron chi connectivity index (χ2n) is 4.77. The predicted octanol–water partition coefficient (Wildman–Crippen LogP) is 2.99. The van der Waals surface area contributed by atoms with Gasteiger partial charge in [0.05, 0.1) is 11.2 Å². The number of aromatic nitrogens is 2. The van der Waals surface area contributed by atoms with Crippen LogP contribution in [0.15, 0.2) is 6.07 Å². The van der Waals surface area contributed by atoms with Crippen LogP contribution in [0.5, 0.6) is 0 Å². The second kappa shape index (κ2) is 6.94. The molecule has 1 aromatic rings. The number of amides is 1. The number of aryl methyl sites for hydroxylation is 2. The lowest BCUT2D eigenvalue weighted by Crippen LogP contribution is -2.49. The van der Waals surface area contributed by atoms with Gasteiger partial charge in [-0.3, -0.25) is 9.48 Å². The van der Waals surface area contributed by atoms with Crippen LogP contribution in [0.25, 0.3) is 0 Å². The maximum atomic E-state index is 12.4. The molecule has 0 unspecified atom stereocenters.